The highest BCUT2D eigenvalue weighted by Gasteiger charge is 2.15. The van der Waals surface area contributed by atoms with Crippen molar-refractivity contribution < 1.29 is 19.4 Å². The fourth-order valence-corrected chi connectivity index (χ4v) is 1.34. The third-order valence-electron chi connectivity index (χ3n) is 2.17. The zero-order chi connectivity index (χ0) is 12.1. The van der Waals surface area contributed by atoms with Crippen LogP contribution in [-0.4, -0.2) is 28.7 Å². The molecule has 0 spiro atoms. The Morgan fingerprint density at radius 3 is 2.81 bits per heavy atom. The third kappa shape index (κ3) is 2.73. The second-order valence-corrected chi connectivity index (χ2v) is 3.21. The molecule has 0 radical (unpaired) electrons. The summed E-state index contributed by atoms with van der Waals surface area (Å²) in [7, 11) is 1.31. The molecule has 1 aromatic heterocycles. The highest BCUT2D eigenvalue weighted by atomic mass is 16.5. The van der Waals surface area contributed by atoms with Crippen molar-refractivity contribution in [2.24, 2.45) is 0 Å². The second kappa shape index (κ2) is 5.16. The number of aromatic nitrogens is 1. The van der Waals surface area contributed by atoms with Crippen molar-refractivity contribution in [1.82, 2.24) is 4.57 Å². The third-order valence-corrected chi connectivity index (χ3v) is 2.17. The number of carboxylic acids is 1. The van der Waals surface area contributed by atoms with Crippen molar-refractivity contribution in [2.75, 3.05) is 7.11 Å². The molecule has 0 amide bonds. The molecule has 0 aliphatic carbocycles. The number of aliphatic carboxylic acids is 1. The largest absolute Gasteiger partial charge is 0.478 e. The lowest BCUT2D eigenvalue weighted by atomic mass is 10.3. The summed E-state index contributed by atoms with van der Waals surface area (Å²) in [6.07, 6.45) is 4.15. The number of esters is 1. The van der Waals surface area contributed by atoms with Crippen molar-refractivity contribution in [3.63, 3.8) is 0 Å². The van der Waals surface area contributed by atoms with Crippen LogP contribution < -0.4 is 0 Å². The molecule has 5 nitrogen and oxygen atoms in total. The predicted octanol–water partition coefficient (Wildman–Crippen LogP) is 1.32. The Balaban J connectivity index is 2.94. The van der Waals surface area contributed by atoms with Gasteiger partial charge in [-0.2, -0.15) is 0 Å². The molecule has 1 unspecified atom stereocenters. The van der Waals surface area contributed by atoms with E-state index < -0.39 is 12.0 Å². The lowest BCUT2D eigenvalue weighted by Crippen LogP contribution is -2.17. The van der Waals surface area contributed by atoms with E-state index in [-0.39, 0.29) is 5.97 Å². The molecule has 5 heteroatoms. The number of hydrogen-bond acceptors (Lipinski definition) is 3. The van der Waals surface area contributed by atoms with Gasteiger partial charge in [-0.15, -0.1) is 0 Å². The molecule has 0 aliphatic heterocycles. The van der Waals surface area contributed by atoms with Crippen LogP contribution in [0.25, 0.3) is 6.08 Å². The Hall–Kier alpha value is -2.04. The van der Waals surface area contributed by atoms with Gasteiger partial charge in [-0.05, 0) is 25.1 Å². The van der Waals surface area contributed by atoms with Crippen LogP contribution in [0.3, 0.4) is 0 Å². The van der Waals surface area contributed by atoms with Gasteiger partial charge >= 0.3 is 11.9 Å². The lowest BCUT2D eigenvalue weighted by Gasteiger charge is -2.13. The minimum atomic E-state index is -1.03. The van der Waals surface area contributed by atoms with Gasteiger partial charge in [0.1, 0.15) is 6.04 Å². The van der Waals surface area contributed by atoms with E-state index in [1.54, 1.807) is 29.8 Å². The van der Waals surface area contributed by atoms with Gasteiger partial charge in [0.25, 0.3) is 0 Å². The molecule has 0 bridgehead atoms. The number of nitrogens with zero attached hydrogens (tertiary/aromatic N) is 1. The van der Waals surface area contributed by atoms with Crippen molar-refractivity contribution in [3.8, 4) is 0 Å². The molecule has 1 N–H and O–H groups in total. The van der Waals surface area contributed by atoms with Gasteiger partial charge in [0.2, 0.25) is 0 Å². The Morgan fingerprint density at radius 2 is 2.25 bits per heavy atom. The summed E-state index contributed by atoms with van der Waals surface area (Å²) in [5.41, 5.74) is 0.639. The summed E-state index contributed by atoms with van der Waals surface area (Å²) in [4.78, 5) is 21.7. The Morgan fingerprint density at radius 1 is 1.56 bits per heavy atom. The molecule has 0 aromatic carbocycles. The first-order valence-corrected chi connectivity index (χ1v) is 4.72. The van der Waals surface area contributed by atoms with Crippen LogP contribution in [0.2, 0.25) is 0 Å². The van der Waals surface area contributed by atoms with E-state index in [9.17, 15) is 9.59 Å². The van der Waals surface area contributed by atoms with Crippen molar-refractivity contribution >= 4 is 18.0 Å². The van der Waals surface area contributed by atoms with E-state index in [2.05, 4.69) is 4.74 Å². The zero-order valence-electron chi connectivity index (χ0n) is 9.08. The van der Waals surface area contributed by atoms with Crippen LogP contribution in [0.4, 0.5) is 0 Å². The standard InChI is InChI=1S/C11H13NO4/c1-8(11(15)16-2)12-7-3-4-9(12)5-6-10(13)14/h3-8H,1-2H3,(H,13,14)/b6-5+. The summed E-state index contributed by atoms with van der Waals surface area (Å²) in [5.74, 6) is -1.40. The second-order valence-electron chi connectivity index (χ2n) is 3.21. The molecule has 0 aliphatic rings. The summed E-state index contributed by atoms with van der Waals surface area (Å²) >= 11 is 0. The minimum Gasteiger partial charge on any atom is -0.478 e. The van der Waals surface area contributed by atoms with E-state index in [1.807, 2.05) is 0 Å². The van der Waals surface area contributed by atoms with Crippen LogP contribution in [-0.2, 0) is 14.3 Å². The van der Waals surface area contributed by atoms with Crippen LogP contribution in [0.15, 0.2) is 24.4 Å². The number of hydrogen-bond donors (Lipinski definition) is 1. The first-order valence-electron chi connectivity index (χ1n) is 4.72. The number of ether oxygens (including phenoxy) is 1. The van der Waals surface area contributed by atoms with Gasteiger partial charge in [-0.1, -0.05) is 0 Å². The van der Waals surface area contributed by atoms with E-state index in [1.165, 1.54) is 13.2 Å². The molecular weight excluding hydrogens is 210 g/mol. The number of carbonyl (C=O) groups excluding carboxylic acids is 1. The molecule has 1 rings (SSSR count). The van der Waals surface area contributed by atoms with Crippen molar-refractivity contribution in [2.45, 2.75) is 13.0 Å². The molecule has 16 heavy (non-hydrogen) atoms. The van der Waals surface area contributed by atoms with E-state index in [0.717, 1.165) is 6.08 Å². The van der Waals surface area contributed by atoms with Gasteiger partial charge in [0.15, 0.2) is 0 Å². The summed E-state index contributed by atoms with van der Waals surface area (Å²) in [6.45, 7) is 1.68. The molecule has 1 aromatic rings. The van der Waals surface area contributed by atoms with Gasteiger partial charge < -0.3 is 14.4 Å². The van der Waals surface area contributed by atoms with Crippen LogP contribution in [0, 0.1) is 0 Å². The molecule has 0 fully saturated rings. The fourth-order valence-electron chi connectivity index (χ4n) is 1.34. The van der Waals surface area contributed by atoms with Crippen LogP contribution in [0.1, 0.15) is 18.7 Å². The van der Waals surface area contributed by atoms with E-state index >= 15 is 0 Å². The smallest absolute Gasteiger partial charge is 0.328 e. The summed E-state index contributed by atoms with van der Waals surface area (Å²) in [5, 5.41) is 8.51. The Kier molecular flexibility index (Phi) is 3.88. The first-order chi connectivity index (χ1) is 7.56. The highest BCUT2D eigenvalue weighted by molar-refractivity contribution is 5.85. The van der Waals surface area contributed by atoms with Crippen LogP contribution >= 0.6 is 0 Å². The number of methoxy groups -OCH3 is 1. The lowest BCUT2D eigenvalue weighted by molar-refractivity contribution is -0.144. The van der Waals surface area contributed by atoms with Gasteiger partial charge in [0, 0.05) is 18.0 Å². The summed E-state index contributed by atoms with van der Waals surface area (Å²) in [6, 6.07) is 2.98. The summed E-state index contributed by atoms with van der Waals surface area (Å²) < 4.78 is 6.26. The average Bonchev–Trinajstić information content (AvgIpc) is 2.72. The van der Waals surface area contributed by atoms with E-state index in [0.29, 0.717) is 5.69 Å². The first kappa shape index (κ1) is 12.0. The number of rotatable bonds is 4. The maximum absolute atomic E-state index is 11.3. The molecule has 86 valence electrons. The maximum Gasteiger partial charge on any atom is 0.328 e. The Bertz CT molecular complexity index is 419. The topological polar surface area (TPSA) is 68.5 Å². The normalized spacial score (nSPS) is 12.6. The maximum atomic E-state index is 11.3. The molecule has 0 saturated heterocycles. The van der Waals surface area contributed by atoms with E-state index in [4.69, 9.17) is 5.11 Å². The van der Waals surface area contributed by atoms with Gasteiger partial charge in [-0.3, -0.25) is 0 Å². The average molecular weight is 223 g/mol. The predicted molar refractivity (Wildman–Crippen MR) is 57.8 cm³/mol. The Labute approximate surface area is 92.9 Å². The van der Waals surface area contributed by atoms with Crippen molar-refractivity contribution in [1.29, 1.82) is 0 Å². The monoisotopic (exact) mass is 223 g/mol. The molecular formula is C11H13NO4. The molecule has 1 heterocycles. The molecule has 1 atom stereocenters. The fraction of sp³-hybridized carbons (Fsp3) is 0.273. The zero-order valence-corrected chi connectivity index (χ0v) is 9.08. The minimum absolute atomic E-state index is 0.374. The number of carbonyl (C=O) groups is 2. The number of carboxylic acid groups (broad SMARTS) is 1. The SMILES string of the molecule is COC(=O)C(C)n1cccc1/C=C/C(=O)O. The van der Waals surface area contributed by atoms with Crippen molar-refractivity contribution in [3.05, 3.63) is 30.1 Å². The van der Waals surface area contributed by atoms with Crippen LogP contribution in [0.5, 0.6) is 0 Å². The quantitative estimate of drug-likeness (QED) is 0.617. The molecule has 0 saturated carbocycles. The highest BCUT2D eigenvalue weighted by Crippen LogP contribution is 2.14. The van der Waals surface area contributed by atoms with Gasteiger partial charge in [0.05, 0.1) is 7.11 Å². The van der Waals surface area contributed by atoms with Gasteiger partial charge in [-0.25, -0.2) is 9.59 Å².